The van der Waals surface area contributed by atoms with Gasteiger partial charge in [-0.1, -0.05) is 41.1 Å². The third-order valence-electron chi connectivity index (χ3n) is 5.37. The molecule has 1 fully saturated rings. The van der Waals surface area contributed by atoms with E-state index in [0.29, 0.717) is 45.4 Å². The van der Waals surface area contributed by atoms with Gasteiger partial charge in [-0.2, -0.15) is 0 Å². The fourth-order valence-corrected chi connectivity index (χ4v) is 4.66. The number of nitrogens with one attached hydrogen (secondary N) is 3. The number of anilines is 4. The van der Waals surface area contributed by atoms with Crippen LogP contribution in [0.2, 0.25) is 5.02 Å². The lowest BCUT2D eigenvalue weighted by atomic mass is 10.2. The molecule has 0 unspecified atom stereocenters. The van der Waals surface area contributed by atoms with Crippen molar-refractivity contribution >= 4 is 57.4 Å². The fourth-order valence-electron chi connectivity index (χ4n) is 3.68. The summed E-state index contributed by atoms with van der Waals surface area (Å²) >= 11 is 7.44. The Kier molecular flexibility index (Phi) is 7.65. The van der Waals surface area contributed by atoms with E-state index in [1.807, 2.05) is 58.0 Å². The lowest BCUT2D eigenvalue weighted by molar-refractivity contribution is 0.0293. The standard InChI is InChI=1S/C25H29ClN6O3S/c1-15-7-5-8-17(26)21(15)31-22(33)18-13-27-23(36-18)30-20-10-6-9-19(29-20)28-16-11-12-32(14-16)24(34)35-25(2,3)4/h5-10,13,16H,11-12,14H2,1-4H3,(H,31,33)(H2,27,28,29,30)/t16-/m0/s1. The number of carbonyl (C=O) groups is 2. The van der Waals surface area contributed by atoms with Crippen LogP contribution in [0.15, 0.2) is 42.6 Å². The average Bonchev–Trinajstić information content (AvgIpc) is 3.45. The molecular formula is C25H29ClN6O3S. The van der Waals surface area contributed by atoms with Gasteiger partial charge in [-0.25, -0.2) is 14.8 Å². The summed E-state index contributed by atoms with van der Waals surface area (Å²) in [6.07, 6.45) is 2.01. The van der Waals surface area contributed by atoms with Crippen molar-refractivity contribution in [3.05, 3.63) is 58.1 Å². The Hall–Kier alpha value is -3.37. The Bertz CT molecular complexity index is 1240. The predicted octanol–water partition coefficient (Wildman–Crippen LogP) is 5.92. The number of hydrogen-bond donors (Lipinski definition) is 3. The Labute approximate surface area is 219 Å². The number of rotatable bonds is 6. The highest BCUT2D eigenvalue weighted by molar-refractivity contribution is 7.17. The highest BCUT2D eigenvalue weighted by Gasteiger charge is 2.29. The van der Waals surface area contributed by atoms with Crippen LogP contribution < -0.4 is 16.0 Å². The molecule has 2 amide bonds. The molecule has 11 heteroatoms. The first kappa shape index (κ1) is 25.7. The Morgan fingerprint density at radius 2 is 1.92 bits per heavy atom. The van der Waals surface area contributed by atoms with Crippen LogP contribution in [0.4, 0.5) is 27.2 Å². The van der Waals surface area contributed by atoms with Gasteiger partial charge in [-0.15, -0.1) is 0 Å². The molecule has 0 spiro atoms. The number of hydrogen-bond acceptors (Lipinski definition) is 8. The largest absolute Gasteiger partial charge is 0.444 e. The first-order chi connectivity index (χ1) is 17.1. The third kappa shape index (κ3) is 6.64. The molecule has 9 nitrogen and oxygen atoms in total. The molecule has 0 saturated carbocycles. The zero-order valence-corrected chi connectivity index (χ0v) is 22.2. The lowest BCUT2D eigenvalue weighted by Gasteiger charge is -2.24. The van der Waals surface area contributed by atoms with E-state index in [0.717, 1.165) is 12.0 Å². The highest BCUT2D eigenvalue weighted by atomic mass is 35.5. The maximum Gasteiger partial charge on any atom is 0.410 e. The van der Waals surface area contributed by atoms with Gasteiger partial charge in [0, 0.05) is 19.1 Å². The van der Waals surface area contributed by atoms with Crippen LogP contribution in [0.3, 0.4) is 0 Å². The average molecular weight is 529 g/mol. The molecule has 190 valence electrons. The zero-order chi connectivity index (χ0) is 25.9. The molecular weight excluding hydrogens is 500 g/mol. The van der Waals surface area contributed by atoms with E-state index in [2.05, 4.69) is 25.9 Å². The number of nitrogens with zero attached hydrogens (tertiary/aromatic N) is 3. The van der Waals surface area contributed by atoms with Crippen LogP contribution in [0.25, 0.3) is 0 Å². The number of para-hydroxylation sites is 1. The minimum Gasteiger partial charge on any atom is -0.444 e. The highest BCUT2D eigenvalue weighted by Crippen LogP contribution is 2.28. The summed E-state index contributed by atoms with van der Waals surface area (Å²) in [5.74, 6) is 0.987. The molecule has 1 aromatic carbocycles. The van der Waals surface area contributed by atoms with E-state index in [-0.39, 0.29) is 18.0 Å². The summed E-state index contributed by atoms with van der Waals surface area (Å²) in [6, 6.07) is 11.1. The molecule has 36 heavy (non-hydrogen) atoms. The van der Waals surface area contributed by atoms with Gasteiger partial charge in [0.1, 0.15) is 22.1 Å². The molecule has 0 bridgehead atoms. The van der Waals surface area contributed by atoms with Gasteiger partial charge in [-0.05, 0) is 57.9 Å². The molecule has 4 rings (SSSR count). The summed E-state index contributed by atoms with van der Waals surface area (Å²) in [5, 5.41) is 10.4. The molecule has 3 aromatic rings. The van der Waals surface area contributed by atoms with Gasteiger partial charge < -0.3 is 25.6 Å². The quantitative estimate of drug-likeness (QED) is 0.364. The number of carbonyl (C=O) groups excluding carboxylic acids is 2. The van der Waals surface area contributed by atoms with Crippen molar-refractivity contribution in [2.75, 3.05) is 29.0 Å². The molecule has 1 saturated heterocycles. The van der Waals surface area contributed by atoms with Crippen molar-refractivity contribution in [1.82, 2.24) is 14.9 Å². The van der Waals surface area contributed by atoms with Crippen molar-refractivity contribution in [2.24, 2.45) is 0 Å². The predicted molar refractivity (Wildman–Crippen MR) is 144 cm³/mol. The first-order valence-electron chi connectivity index (χ1n) is 11.6. The number of aromatic nitrogens is 2. The van der Waals surface area contributed by atoms with E-state index in [1.165, 1.54) is 17.5 Å². The topological polar surface area (TPSA) is 108 Å². The van der Waals surface area contributed by atoms with Crippen LogP contribution in [-0.4, -0.2) is 51.6 Å². The van der Waals surface area contributed by atoms with Gasteiger partial charge in [0.2, 0.25) is 0 Å². The second kappa shape index (κ2) is 10.7. The maximum absolute atomic E-state index is 12.7. The number of halogens is 1. The van der Waals surface area contributed by atoms with Gasteiger partial charge in [0.25, 0.3) is 5.91 Å². The van der Waals surface area contributed by atoms with Crippen LogP contribution in [0.5, 0.6) is 0 Å². The summed E-state index contributed by atoms with van der Waals surface area (Å²) in [4.78, 5) is 36.1. The number of likely N-dealkylation sites (tertiary alicyclic amines) is 1. The van der Waals surface area contributed by atoms with Crippen molar-refractivity contribution in [3.8, 4) is 0 Å². The second-order valence-electron chi connectivity index (χ2n) is 9.50. The van der Waals surface area contributed by atoms with E-state index in [1.54, 1.807) is 11.0 Å². The fraction of sp³-hybridized carbons (Fsp3) is 0.360. The minimum atomic E-state index is -0.520. The van der Waals surface area contributed by atoms with Gasteiger partial charge in [0.15, 0.2) is 5.13 Å². The summed E-state index contributed by atoms with van der Waals surface area (Å²) in [6.45, 7) is 8.63. The Morgan fingerprint density at radius 1 is 1.17 bits per heavy atom. The number of thiazole rings is 1. The van der Waals surface area contributed by atoms with Gasteiger partial charge in [-0.3, -0.25) is 4.79 Å². The molecule has 1 aliphatic rings. The van der Waals surface area contributed by atoms with Crippen LogP contribution in [0.1, 0.15) is 42.4 Å². The lowest BCUT2D eigenvalue weighted by Crippen LogP contribution is -2.36. The normalized spacial score (nSPS) is 15.5. The molecule has 1 atom stereocenters. The first-order valence-corrected chi connectivity index (χ1v) is 12.8. The minimum absolute atomic E-state index is 0.0729. The van der Waals surface area contributed by atoms with Crippen LogP contribution >= 0.6 is 22.9 Å². The van der Waals surface area contributed by atoms with Crippen molar-refractivity contribution < 1.29 is 14.3 Å². The SMILES string of the molecule is Cc1cccc(Cl)c1NC(=O)c1cnc(Nc2cccc(N[C@H]3CCN(C(=O)OC(C)(C)C)C3)n2)s1. The number of pyridine rings is 1. The summed E-state index contributed by atoms with van der Waals surface area (Å²) in [5.41, 5.74) is 0.946. The number of amides is 2. The number of ether oxygens (including phenoxy) is 1. The smallest absolute Gasteiger partial charge is 0.410 e. The monoisotopic (exact) mass is 528 g/mol. The van der Waals surface area contributed by atoms with Crippen molar-refractivity contribution in [2.45, 2.75) is 45.8 Å². The molecule has 1 aliphatic heterocycles. The maximum atomic E-state index is 12.7. The van der Waals surface area contributed by atoms with Crippen molar-refractivity contribution in [1.29, 1.82) is 0 Å². The van der Waals surface area contributed by atoms with Gasteiger partial charge in [0.05, 0.1) is 16.9 Å². The Balaban J connectivity index is 1.34. The van der Waals surface area contributed by atoms with E-state index in [4.69, 9.17) is 16.3 Å². The van der Waals surface area contributed by atoms with E-state index < -0.39 is 5.60 Å². The second-order valence-corrected chi connectivity index (χ2v) is 10.9. The molecule has 3 N–H and O–H groups in total. The van der Waals surface area contributed by atoms with E-state index in [9.17, 15) is 9.59 Å². The molecule has 0 radical (unpaired) electrons. The number of benzene rings is 1. The molecule has 2 aromatic heterocycles. The third-order valence-corrected chi connectivity index (χ3v) is 6.59. The van der Waals surface area contributed by atoms with E-state index >= 15 is 0 Å². The number of aryl methyl sites for hydroxylation is 1. The summed E-state index contributed by atoms with van der Waals surface area (Å²) < 4.78 is 5.46. The van der Waals surface area contributed by atoms with Crippen molar-refractivity contribution in [3.63, 3.8) is 0 Å². The molecule has 3 heterocycles. The van der Waals surface area contributed by atoms with Crippen LogP contribution in [0, 0.1) is 6.92 Å². The zero-order valence-electron chi connectivity index (χ0n) is 20.6. The summed E-state index contributed by atoms with van der Waals surface area (Å²) in [7, 11) is 0. The van der Waals surface area contributed by atoms with Crippen LogP contribution in [-0.2, 0) is 4.74 Å². The molecule has 0 aliphatic carbocycles. The Morgan fingerprint density at radius 3 is 2.67 bits per heavy atom. The van der Waals surface area contributed by atoms with Gasteiger partial charge >= 0.3 is 6.09 Å².